The van der Waals surface area contributed by atoms with Crippen molar-refractivity contribution >= 4 is 28.9 Å². The second-order valence-corrected chi connectivity index (χ2v) is 4.11. The summed E-state index contributed by atoms with van der Waals surface area (Å²) in [6, 6.07) is 16.7. The average Bonchev–Trinajstić information content (AvgIpc) is 2.30. The molecule has 0 unspecified atom stereocenters. The van der Waals surface area contributed by atoms with Gasteiger partial charge in [-0.25, -0.2) is 0 Å². The molecule has 17 heavy (non-hydrogen) atoms. The first-order valence-corrected chi connectivity index (χ1v) is 5.67. The highest BCUT2D eigenvalue weighted by Gasteiger charge is 2.13. The van der Waals surface area contributed by atoms with Crippen LogP contribution in [0.5, 0.6) is 0 Å². The Bertz CT molecular complexity index is 525. The molecule has 2 aromatic carbocycles. The monoisotopic (exact) mass is 245 g/mol. The highest BCUT2D eigenvalue weighted by atomic mass is 35.5. The van der Waals surface area contributed by atoms with E-state index in [1.807, 2.05) is 42.5 Å². The minimum atomic E-state index is -0.0431. The van der Waals surface area contributed by atoms with Crippen LogP contribution >= 0.6 is 11.6 Å². The Hall–Kier alpha value is -1.80. The van der Waals surface area contributed by atoms with Crippen molar-refractivity contribution in [3.05, 3.63) is 59.6 Å². The number of nitrogens with zero attached hydrogens (tertiary/aromatic N) is 1. The van der Waals surface area contributed by atoms with Crippen LogP contribution < -0.4 is 4.90 Å². The van der Waals surface area contributed by atoms with Gasteiger partial charge < -0.3 is 0 Å². The van der Waals surface area contributed by atoms with E-state index >= 15 is 0 Å². The van der Waals surface area contributed by atoms with Crippen LogP contribution in [0.15, 0.2) is 54.6 Å². The quantitative estimate of drug-likeness (QED) is 0.782. The Balaban J connectivity index is 2.47. The van der Waals surface area contributed by atoms with E-state index < -0.39 is 0 Å². The highest BCUT2D eigenvalue weighted by molar-refractivity contribution is 6.31. The fourth-order valence-electron chi connectivity index (χ4n) is 1.70. The van der Waals surface area contributed by atoms with Gasteiger partial charge >= 0.3 is 0 Å². The molecule has 2 nitrogen and oxygen atoms in total. The van der Waals surface area contributed by atoms with Crippen molar-refractivity contribution < 1.29 is 4.79 Å². The normalized spacial score (nSPS) is 10.0. The van der Waals surface area contributed by atoms with Crippen molar-refractivity contribution in [2.45, 2.75) is 6.92 Å². The number of hydrogen-bond acceptors (Lipinski definition) is 1. The highest BCUT2D eigenvalue weighted by Crippen LogP contribution is 2.27. The number of amides is 1. The van der Waals surface area contributed by atoms with Gasteiger partial charge in [-0.1, -0.05) is 35.9 Å². The maximum Gasteiger partial charge on any atom is 0.228 e. The van der Waals surface area contributed by atoms with Gasteiger partial charge in [-0.3, -0.25) is 9.69 Å². The zero-order chi connectivity index (χ0) is 12.3. The van der Waals surface area contributed by atoms with Gasteiger partial charge in [0.1, 0.15) is 0 Å². The van der Waals surface area contributed by atoms with Crippen LogP contribution in [-0.2, 0) is 4.79 Å². The summed E-state index contributed by atoms with van der Waals surface area (Å²) in [7, 11) is 0. The predicted octanol–water partition coefficient (Wildman–Crippen LogP) is 4.02. The van der Waals surface area contributed by atoms with Crippen LogP contribution in [0.25, 0.3) is 0 Å². The fraction of sp³-hybridized carbons (Fsp3) is 0.0714. The summed E-state index contributed by atoms with van der Waals surface area (Å²) in [6.07, 6.45) is 0. The van der Waals surface area contributed by atoms with Gasteiger partial charge in [-0.2, -0.15) is 0 Å². The zero-order valence-corrected chi connectivity index (χ0v) is 10.2. The molecule has 86 valence electrons. The minimum Gasteiger partial charge on any atom is -0.281 e. The first kappa shape index (κ1) is 11.7. The summed E-state index contributed by atoms with van der Waals surface area (Å²) in [5, 5.41) is 0.615. The predicted molar refractivity (Wildman–Crippen MR) is 70.7 cm³/mol. The molecule has 0 aliphatic rings. The maximum atomic E-state index is 11.7. The topological polar surface area (TPSA) is 20.3 Å². The molecule has 0 saturated carbocycles. The number of rotatable bonds is 2. The third-order valence-corrected chi connectivity index (χ3v) is 2.63. The molecule has 1 amide bonds. The van der Waals surface area contributed by atoms with Gasteiger partial charge in [-0.05, 0) is 30.3 Å². The molecule has 0 fully saturated rings. The summed E-state index contributed by atoms with van der Waals surface area (Å²) in [5.41, 5.74) is 1.61. The molecule has 3 heteroatoms. The summed E-state index contributed by atoms with van der Waals surface area (Å²) in [5.74, 6) is -0.0431. The molecule has 0 aliphatic heterocycles. The molecule has 0 aliphatic carbocycles. The molecule has 0 bridgehead atoms. The zero-order valence-electron chi connectivity index (χ0n) is 9.43. The summed E-state index contributed by atoms with van der Waals surface area (Å²) in [6.45, 7) is 1.54. The van der Waals surface area contributed by atoms with E-state index in [1.54, 1.807) is 17.0 Å². The number of carbonyl (C=O) groups is 1. The van der Waals surface area contributed by atoms with E-state index in [0.717, 1.165) is 11.4 Å². The molecular formula is C14H12ClNO. The van der Waals surface area contributed by atoms with Gasteiger partial charge in [0.05, 0.1) is 5.69 Å². The SMILES string of the molecule is CC(=O)N(c1ccccc1)c1cccc(Cl)c1. The van der Waals surface area contributed by atoms with Crippen molar-refractivity contribution in [3.8, 4) is 0 Å². The van der Waals surface area contributed by atoms with Gasteiger partial charge in [0.25, 0.3) is 0 Å². The van der Waals surface area contributed by atoms with Gasteiger partial charge in [0.2, 0.25) is 5.91 Å². The van der Waals surface area contributed by atoms with E-state index in [9.17, 15) is 4.79 Å². The first-order chi connectivity index (χ1) is 8.18. The second-order valence-electron chi connectivity index (χ2n) is 3.67. The van der Waals surface area contributed by atoms with Gasteiger partial charge in [-0.15, -0.1) is 0 Å². The Morgan fingerprint density at radius 3 is 2.24 bits per heavy atom. The molecule has 0 heterocycles. The number of carbonyl (C=O) groups excluding carboxylic acids is 1. The van der Waals surface area contributed by atoms with E-state index in [2.05, 4.69) is 0 Å². The van der Waals surface area contributed by atoms with E-state index in [4.69, 9.17) is 11.6 Å². The number of hydrogen-bond donors (Lipinski definition) is 0. The van der Waals surface area contributed by atoms with Crippen LogP contribution in [0.4, 0.5) is 11.4 Å². The lowest BCUT2D eigenvalue weighted by atomic mass is 10.2. The summed E-state index contributed by atoms with van der Waals surface area (Å²) in [4.78, 5) is 13.4. The Kier molecular flexibility index (Phi) is 3.45. The number of anilines is 2. The Morgan fingerprint density at radius 2 is 1.65 bits per heavy atom. The molecule has 2 aromatic rings. The molecule has 2 rings (SSSR count). The molecule has 0 saturated heterocycles. The second kappa shape index (κ2) is 5.02. The molecule has 0 atom stereocenters. The van der Waals surface area contributed by atoms with Crippen LogP contribution in [0, 0.1) is 0 Å². The van der Waals surface area contributed by atoms with Crippen LogP contribution in [0.2, 0.25) is 5.02 Å². The van der Waals surface area contributed by atoms with Crippen molar-refractivity contribution in [3.63, 3.8) is 0 Å². The first-order valence-electron chi connectivity index (χ1n) is 5.30. The number of benzene rings is 2. The number of halogens is 1. The van der Waals surface area contributed by atoms with Crippen LogP contribution in [-0.4, -0.2) is 5.91 Å². The summed E-state index contributed by atoms with van der Waals surface area (Å²) < 4.78 is 0. The summed E-state index contributed by atoms with van der Waals surface area (Å²) >= 11 is 5.94. The lowest BCUT2D eigenvalue weighted by Gasteiger charge is -2.21. The van der Waals surface area contributed by atoms with Crippen molar-refractivity contribution in [1.29, 1.82) is 0 Å². The molecule has 0 N–H and O–H groups in total. The third-order valence-electron chi connectivity index (χ3n) is 2.40. The Morgan fingerprint density at radius 1 is 1.00 bits per heavy atom. The van der Waals surface area contributed by atoms with E-state index in [0.29, 0.717) is 5.02 Å². The van der Waals surface area contributed by atoms with Crippen LogP contribution in [0.3, 0.4) is 0 Å². The van der Waals surface area contributed by atoms with Crippen molar-refractivity contribution in [2.24, 2.45) is 0 Å². The third kappa shape index (κ3) is 2.66. The number of para-hydroxylation sites is 1. The molecule has 0 spiro atoms. The fourth-order valence-corrected chi connectivity index (χ4v) is 1.89. The van der Waals surface area contributed by atoms with Crippen molar-refractivity contribution in [2.75, 3.05) is 4.90 Å². The van der Waals surface area contributed by atoms with Gasteiger partial charge in [0.15, 0.2) is 0 Å². The lowest BCUT2D eigenvalue weighted by Crippen LogP contribution is -2.22. The van der Waals surface area contributed by atoms with E-state index in [1.165, 1.54) is 6.92 Å². The van der Waals surface area contributed by atoms with Gasteiger partial charge in [0, 0.05) is 17.6 Å². The standard InChI is InChI=1S/C14H12ClNO/c1-11(17)16(13-7-3-2-4-8-13)14-9-5-6-12(15)10-14/h2-10H,1H3. The van der Waals surface area contributed by atoms with Crippen molar-refractivity contribution in [1.82, 2.24) is 0 Å². The molecule has 0 aromatic heterocycles. The minimum absolute atomic E-state index is 0.0431. The molecule has 0 radical (unpaired) electrons. The largest absolute Gasteiger partial charge is 0.281 e. The smallest absolute Gasteiger partial charge is 0.228 e. The van der Waals surface area contributed by atoms with E-state index in [-0.39, 0.29) is 5.91 Å². The molecular weight excluding hydrogens is 234 g/mol. The maximum absolute atomic E-state index is 11.7. The average molecular weight is 246 g/mol. The van der Waals surface area contributed by atoms with Crippen LogP contribution in [0.1, 0.15) is 6.92 Å². The Labute approximate surface area is 105 Å². The lowest BCUT2D eigenvalue weighted by molar-refractivity contribution is -0.115.